The Bertz CT molecular complexity index is 1090. The van der Waals surface area contributed by atoms with Gasteiger partial charge < -0.3 is 4.90 Å². The molecule has 5 nitrogen and oxygen atoms in total. The lowest BCUT2D eigenvalue weighted by atomic mass is 10.1. The van der Waals surface area contributed by atoms with Crippen LogP contribution in [0.2, 0.25) is 0 Å². The topological polar surface area (TPSA) is 53.5 Å². The highest BCUT2D eigenvalue weighted by atomic mass is 32.2. The third kappa shape index (κ3) is 4.19. The summed E-state index contributed by atoms with van der Waals surface area (Å²) < 4.78 is 40.4. The molecule has 4 rings (SSSR count). The van der Waals surface area contributed by atoms with Crippen molar-refractivity contribution >= 4 is 26.5 Å². The molecule has 1 aliphatic heterocycles. The standard InChI is InChI=1S/C21H22FN3O2S2/c1-2-16-6-8-17(9-7-16)20-15-28-21(23-20)24-10-12-25(13-11-24)29(26,27)19-5-3-4-18(22)14-19/h3-9,14-15H,2,10-13H2,1H3. The molecule has 1 saturated heterocycles. The molecule has 1 aromatic heterocycles. The van der Waals surface area contributed by atoms with Crippen LogP contribution in [0.15, 0.2) is 58.8 Å². The highest BCUT2D eigenvalue weighted by molar-refractivity contribution is 7.89. The van der Waals surface area contributed by atoms with Crippen molar-refractivity contribution in [3.63, 3.8) is 0 Å². The Hall–Kier alpha value is -2.29. The molecule has 0 spiro atoms. The summed E-state index contributed by atoms with van der Waals surface area (Å²) in [6.45, 7) is 3.93. The minimum absolute atomic E-state index is 0.00184. The average molecular weight is 432 g/mol. The quantitative estimate of drug-likeness (QED) is 0.612. The highest BCUT2D eigenvalue weighted by Crippen LogP contribution is 2.29. The SMILES string of the molecule is CCc1ccc(-c2csc(N3CCN(S(=O)(=O)c4cccc(F)c4)CC3)n2)cc1. The zero-order chi connectivity index (χ0) is 20.4. The molecule has 0 radical (unpaired) electrons. The molecule has 0 N–H and O–H groups in total. The lowest BCUT2D eigenvalue weighted by Crippen LogP contribution is -2.48. The van der Waals surface area contributed by atoms with E-state index in [-0.39, 0.29) is 4.90 Å². The van der Waals surface area contributed by atoms with Crippen molar-refractivity contribution in [1.82, 2.24) is 9.29 Å². The van der Waals surface area contributed by atoms with Gasteiger partial charge in [-0.05, 0) is 30.2 Å². The maximum absolute atomic E-state index is 13.4. The van der Waals surface area contributed by atoms with Crippen molar-refractivity contribution in [1.29, 1.82) is 0 Å². The molecule has 2 heterocycles. The van der Waals surface area contributed by atoms with Gasteiger partial charge in [-0.25, -0.2) is 17.8 Å². The smallest absolute Gasteiger partial charge is 0.243 e. The Balaban J connectivity index is 1.44. The van der Waals surface area contributed by atoms with Crippen LogP contribution in [-0.2, 0) is 16.4 Å². The number of benzene rings is 2. The number of sulfonamides is 1. The second-order valence-corrected chi connectivity index (χ2v) is 9.69. The van der Waals surface area contributed by atoms with Gasteiger partial charge in [0.15, 0.2) is 5.13 Å². The predicted octanol–water partition coefficient (Wildman–Crippen LogP) is 4.02. The first-order valence-electron chi connectivity index (χ1n) is 9.53. The Morgan fingerprint density at radius 1 is 1.07 bits per heavy atom. The normalized spacial score (nSPS) is 15.6. The second-order valence-electron chi connectivity index (χ2n) is 6.91. The van der Waals surface area contributed by atoms with E-state index in [1.165, 1.54) is 28.1 Å². The van der Waals surface area contributed by atoms with Crippen molar-refractivity contribution in [2.24, 2.45) is 0 Å². The van der Waals surface area contributed by atoms with Gasteiger partial charge in [0.1, 0.15) is 5.82 Å². The fourth-order valence-corrected chi connectivity index (χ4v) is 5.69. The fraction of sp³-hybridized carbons (Fsp3) is 0.286. The second kappa shape index (κ2) is 8.22. The number of anilines is 1. The van der Waals surface area contributed by atoms with Gasteiger partial charge >= 0.3 is 0 Å². The first-order chi connectivity index (χ1) is 14.0. The van der Waals surface area contributed by atoms with E-state index >= 15 is 0 Å². The monoisotopic (exact) mass is 431 g/mol. The number of piperazine rings is 1. The zero-order valence-corrected chi connectivity index (χ0v) is 17.7. The number of rotatable bonds is 5. The van der Waals surface area contributed by atoms with Gasteiger partial charge in [-0.15, -0.1) is 11.3 Å². The van der Waals surface area contributed by atoms with Crippen LogP contribution in [-0.4, -0.2) is 43.9 Å². The fourth-order valence-electron chi connectivity index (χ4n) is 3.35. The van der Waals surface area contributed by atoms with Gasteiger partial charge in [0, 0.05) is 37.1 Å². The summed E-state index contributed by atoms with van der Waals surface area (Å²) in [7, 11) is -3.68. The number of hydrogen-bond acceptors (Lipinski definition) is 5. The van der Waals surface area contributed by atoms with Crippen LogP contribution in [0.25, 0.3) is 11.3 Å². The van der Waals surface area contributed by atoms with Crippen LogP contribution in [0.5, 0.6) is 0 Å². The Kier molecular flexibility index (Phi) is 5.67. The van der Waals surface area contributed by atoms with E-state index in [0.29, 0.717) is 26.2 Å². The van der Waals surface area contributed by atoms with E-state index in [9.17, 15) is 12.8 Å². The Morgan fingerprint density at radius 2 is 1.79 bits per heavy atom. The lowest BCUT2D eigenvalue weighted by molar-refractivity contribution is 0.384. The van der Waals surface area contributed by atoms with E-state index in [0.717, 1.165) is 28.9 Å². The maximum atomic E-state index is 13.4. The minimum Gasteiger partial charge on any atom is -0.345 e. The van der Waals surface area contributed by atoms with Gasteiger partial charge in [-0.2, -0.15) is 4.31 Å². The van der Waals surface area contributed by atoms with Gasteiger partial charge in [-0.3, -0.25) is 0 Å². The summed E-state index contributed by atoms with van der Waals surface area (Å²) in [6.07, 6.45) is 1.01. The molecule has 0 atom stereocenters. The molecule has 1 fully saturated rings. The molecule has 152 valence electrons. The van der Waals surface area contributed by atoms with Crippen LogP contribution in [0.1, 0.15) is 12.5 Å². The molecule has 29 heavy (non-hydrogen) atoms. The molecule has 0 amide bonds. The largest absolute Gasteiger partial charge is 0.345 e. The van der Waals surface area contributed by atoms with Crippen LogP contribution < -0.4 is 4.90 Å². The number of hydrogen-bond donors (Lipinski definition) is 0. The van der Waals surface area contributed by atoms with E-state index in [2.05, 4.69) is 36.1 Å². The molecule has 0 bridgehead atoms. The third-order valence-electron chi connectivity index (χ3n) is 5.09. The number of aromatic nitrogens is 1. The van der Waals surface area contributed by atoms with Crippen LogP contribution in [0.4, 0.5) is 9.52 Å². The van der Waals surface area contributed by atoms with E-state index < -0.39 is 15.8 Å². The summed E-state index contributed by atoms with van der Waals surface area (Å²) in [5.74, 6) is -0.549. The lowest BCUT2D eigenvalue weighted by Gasteiger charge is -2.33. The summed E-state index contributed by atoms with van der Waals surface area (Å²) in [4.78, 5) is 6.85. The minimum atomic E-state index is -3.68. The van der Waals surface area contributed by atoms with Crippen molar-refractivity contribution in [2.45, 2.75) is 18.2 Å². The van der Waals surface area contributed by atoms with Crippen molar-refractivity contribution in [3.05, 3.63) is 65.3 Å². The molecule has 0 aliphatic carbocycles. The Labute approximate surface area is 174 Å². The first-order valence-corrected chi connectivity index (χ1v) is 11.8. The van der Waals surface area contributed by atoms with Crippen molar-refractivity contribution in [3.8, 4) is 11.3 Å². The number of halogens is 1. The summed E-state index contributed by atoms with van der Waals surface area (Å²) in [6, 6.07) is 13.6. The molecule has 3 aromatic rings. The van der Waals surface area contributed by atoms with Crippen LogP contribution in [0, 0.1) is 5.82 Å². The summed E-state index contributed by atoms with van der Waals surface area (Å²) in [5.41, 5.74) is 3.30. The molecule has 2 aromatic carbocycles. The average Bonchev–Trinajstić information content (AvgIpc) is 3.24. The molecule has 0 unspecified atom stereocenters. The van der Waals surface area contributed by atoms with Gasteiger partial charge in [-0.1, -0.05) is 37.3 Å². The van der Waals surface area contributed by atoms with E-state index in [1.54, 1.807) is 11.3 Å². The molecule has 0 saturated carbocycles. The van der Waals surface area contributed by atoms with Crippen LogP contribution >= 0.6 is 11.3 Å². The maximum Gasteiger partial charge on any atom is 0.243 e. The van der Waals surface area contributed by atoms with Crippen LogP contribution in [0.3, 0.4) is 0 Å². The Morgan fingerprint density at radius 3 is 2.45 bits per heavy atom. The third-order valence-corrected chi connectivity index (χ3v) is 7.89. The molecule has 8 heteroatoms. The molecule has 1 aliphatic rings. The van der Waals surface area contributed by atoms with Gasteiger partial charge in [0.25, 0.3) is 0 Å². The predicted molar refractivity (Wildman–Crippen MR) is 114 cm³/mol. The molecular formula is C21H22FN3O2S2. The van der Waals surface area contributed by atoms with Gasteiger partial charge in [0.2, 0.25) is 10.0 Å². The van der Waals surface area contributed by atoms with E-state index in [1.807, 2.05) is 5.38 Å². The number of nitrogens with zero attached hydrogens (tertiary/aromatic N) is 3. The first kappa shape index (κ1) is 20.0. The zero-order valence-electron chi connectivity index (χ0n) is 16.1. The van der Waals surface area contributed by atoms with Crippen molar-refractivity contribution in [2.75, 3.05) is 31.1 Å². The highest BCUT2D eigenvalue weighted by Gasteiger charge is 2.29. The summed E-state index contributed by atoms with van der Waals surface area (Å²) >= 11 is 1.57. The number of aryl methyl sites for hydroxylation is 1. The molecular weight excluding hydrogens is 409 g/mol. The van der Waals surface area contributed by atoms with Gasteiger partial charge in [0.05, 0.1) is 10.6 Å². The van der Waals surface area contributed by atoms with Crippen molar-refractivity contribution < 1.29 is 12.8 Å². The summed E-state index contributed by atoms with van der Waals surface area (Å²) in [5, 5.41) is 2.92. The van der Waals surface area contributed by atoms with E-state index in [4.69, 9.17) is 4.98 Å². The number of thiazole rings is 1.